The van der Waals surface area contributed by atoms with Gasteiger partial charge < -0.3 is 9.15 Å². The number of ketones is 1. The Morgan fingerprint density at radius 1 is 1.07 bits per heavy atom. The third kappa shape index (κ3) is 3.46. The van der Waals surface area contributed by atoms with Crippen molar-refractivity contribution >= 4 is 29.6 Å². The van der Waals surface area contributed by atoms with Gasteiger partial charge in [-0.1, -0.05) is 36.0 Å². The van der Waals surface area contributed by atoms with Crippen molar-refractivity contribution in [1.82, 2.24) is 0 Å². The molecule has 27 heavy (non-hydrogen) atoms. The first-order chi connectivity index (χ1) is 13.2. The summed E-state index contributed by atoms with van der Waals surface area (Å²) in [6.07, 6.45) is 1.77. The quantitative estimate of drug-likeness (QED) is 0.447. The van der Waals surface area contributed by atoms with Crippen LogP contribution >= 0.6 is 11.8 Å². The lowest BCUT2D eigenvalue weighted by molar-refractivity contribution is 0.0526. The third-order valence-electron chi connectivity index (χ3n) is 4.16. The van der Waals surface area contributed by atoms with E-state index in [9.17, 15) is 9.59 Å². The maximum atomic E-state index is 12.5. The van der Waals surface area contributed by atoms with E-state index in [1.165, 1.54) is 11.8 Å². The number of hydrogen-bond acceptors (Lipinski definition) is 5. The molecule has 0 atom stereocenters. The van der Waals surface area contributed by atoms with Gasteiger partial charge in [0, 0.05) is 16.0 Å². The molecule has 0 radical (unpaired) electrons. The Kier molecular flexibility index (Phi) is 4.69. The molecule has 0 aliphatic carbocycles. The number of thioether (sulfide) groups is 1. The van der Waals surface area contributed by atoms with Crippen molar-refractivity contribution < 1.29 is 18.7 Å². The van der Waals surface area contributed by atoms with Crippen LogP contribution in [0.25, 0.3) is 17.4 Å². The number of carbonyl (C=O) groups is 2. The average molecular weight is 376 g/mol. The number of ether oxygens (including phenoxy) is 1. The highest BCUT2D eigenvalue weighted by molar-refractivity contribution is 8.04. The molecule has 0 N–H and O–H groups in total. The minimum atomic E-state index is -0.342. The standard InChI is InChI=1S/C22H16O4S/c1-2-25-22(24)15-9-7-14(8-10-15)18-12-11-16(26-18)13-20-21(23)17-5-3-4-6-19(17)27-20/h3-13H,2H2,1H3. The molecule has 0 saturated heterocycles. The maximum absolute atomic E-state index is 12.5. The second kappa shape index (κ2) is 7.29. The van der Waals surface area contributed by atoms with Gasteiger partial charge in [-0.2, -0.15) is 0 Å². The van der Waals surface area contributed by atoms with Crippen molar-refractivity contribution in [3.63, 3.8) is 0 Å². The molecule has 4 rings (SSSR count). The minimum absolute atomic E-state index is 0.0207. The normalized spacial score (nSPS) is 14.4. The van der Waals surface area contributed by atoms with Crippen LogP contribution in [-0.2, 0) is 4.74 Å². The third-order valence-corrected chi connectivity index (χ3v) is 5.26. The van der Waals surface area contributed by atoms with Crippen LogP contribution in [0.15, 0.2) is 74.9 Å². The van der Waals surface area contributed by atoms with Crippen molar-refractivity contribution in [2.24, 2.45) is 0 Å². The minimum Gasteiger partial charge on any atom is -0.462 e. The molecule has 0 unspecified atom stereocenters. The van der Waals surface area contributed by atoms with Crippen LogP contribution < -0.4 is 0 Å². The second-order valence-electron chi connectivity index (χ2n) is 5.94. The molecule has 134 valence electrons. The van der Waals surface area contributed by atoms with Gasteiger partial charge in [0.05, 0.1) is 17.1 Å². The van der Waals surface area contributed by atoms with Gasteiger partial charge in [0.2, 0.25) is 5.78 Å². The molecular weight excluding hydrogens is 360 g/mol. The molecule has 4 nitrogen and oxygen atoms in total. The SMILES string of the molecule is CCOC(=O)c1ccc(-c2ccc(C=C3Sc4ccccc4C3=O)o2)cc1. The van der Waals surface area contributed by atoms with Crippen LogP contribution in [0.5, 0.6) is 0 Å². The van der Waals surface area contributed by atoms with Crippen molar-refractivity contribution in [3.05, 3.63) is 82.5 Å². The monoisotopic (exact) mass is 376 g/mol. The summed E-state index contributed by atoms with van der Waals surface area (Å²) in [6.45, 7) is 2.12. The summed E-state index contributed by atoms with van der Waals surface area (Å²) in [6, 6.07) is 18.3. The van der Waals surface area contributed by atoms with E-state index in [1.807, 2.05) is 48.5 Å². The Balaban J connectivity index is 1.54. The molecule has 0 bridgehead atoms. The molecule has 1 aromatic heterocycles. The molecule has 2 heterocycles. The van der Waals surface area contributed by atoms with E-state index < -0.39 is 0 Å². The molecule has 3 aromatic rings. The van der Waals surface area contributed by atoms with Gasteiger partial charge >= 0.3 is 5.97 Å². The van der Waals surface area contributed by atoms with Crippen LogP contribution in [0.2, 0.25) is 0 Å². The van der Waals surface area contributed by atoms with Gasteiger partial charge in [-0.15, -0.1) is 0 Å². The Morgan fingerprint density at radius 3 is 2.59 bits per heavy atom. The molecule has 1 aliphatic rings. The topological polar surface area (TPSA) is 56.5 Å². The summed E-state index contributed by atoms with van der Waals surface area (Å²) in [5.41, 5.74) is 2.08. The Hall–Kier alpha value is -3.05. The summed E-state index contributed by atoms with van der Waals surface area (Å²) in [5, 5.41) is 0. The van der Waals surface area contributed by atoms with E-state index in [2.05, 4.69) is 0 Å². The van der Waals surface area contributed by atoms with Crippen molar-refractivity contribution in [2.75, 3.05) is 6.61 Å². The number of Topliss-reactive ketones (excluding diaryl/α,β-unsaturated/α-hetero) is 1. The lowest BCUT2D eigenvalue weighted by Crippen LogP contribution is -2.03. The second-order valence-corrected chi connectivity index (χ2v) is 7.02. The molecule has 0 amide bonds. The zero-order valence-corrected chi connectivity index (χ0v) is 15.4. The van der Waals surface area contributed by atoms with Crippen molar-refractivity contribution in [3.8, 4) is 11.3 Å². The predicted octanol–water partition coefficient (Wildman–Crippen LogP) is 5.45. The molecule has 2 aromatic carbocycles. The Morgan fingerprint density at radius 2 is 1.85 bits per heavy atom. The number of furan rings is 1. The van der Waals surface area contributed by atoms with Gasteiger partial charge in [-0.3, -0.25) is 4.79 Å². The highest BCUT2D eigenvalue weighted by atomic mass is 32.2. The number of esters is 1. The number of rotatable bonds is 4. The van der Waals surface area contributed by atoms with Crippen LogP contribution in [0, 0.1) is 0 Å². The largest absolute Gasteiger partial charge is 0.462 e. The van der Waals surface area contributed by atoms with E-state index in [0.29, 0.717) is 28.6 Å². The zero-order chi connectivity index (χ0) is 18.8. The summed E-state index contributed by atoms with van der Waals surface area (Å²) in [4.78, 5) is 25.8. The van der Waals surface area contributed by atoms with Crippen LogP contribution in [0.3, 0.4) is 0 Å². The Bertz CT molecular complexity index is 1040. The van der Waals surface area contributed by atoms with Gasteiger partial charge in [-0.05, 0) is 49.4 Å². The van der Waals surface area contributed by atoms with E-state index >= 15 is 0 Å². The van der Waals surface area contributed by atoms with Gasteiger partial charge in [0.25, 0.3) is 0 Å². The summed E-state index contributed by atoms with van der Waals surface area (Å²) < 4.78 is 10.9. The van der Waals surface area contributed by atoms with Crippen LogP contribution in [0.4, 0.5) is 0 Å². The van der Waals surface area contributed by atoms with E-state index in [1.54, 1.807) is 25.1 Å². The smallest absolute Gasteiger partial charge is 0.338 e. The summed E-state index contributed by atoms with van der Waals surface area (Å²) in [7, 11) is 0. The number of fused-ring (bicyclic) bond motifs is 1. The maximum Gasteiger partial charge on any atom is 0.338 e. The van der Waals surface area contributed by atoms with Gasteiger partial charge in [0.1, 0.15) is 11.5 Å². The fourth-order valence-corrected chi connectivity index (χ4v) is 3.87. The molecule has 5 heteroatoms. The predicted molar refractivity (Wildman–Crippen MR) is 105 cm³/mol. The lowest BCUT2D eigenvalue weighted by atomic mass is 10.1. The van der Waals surface area contributed by atoms with E-state index in [-0.39, 0.29) is 11.8 Å². The van der Waals surface area contributed by atoms with Crippen molar-refractivity contribution in [2.45, 2.75) is 11.8 Å². The Labute approximate surface area is 160 Å². The molecule has 0 saturated carbocycles. The first-order valence-corrected chi connectivity index (χ1v) is 9.38. The highest BCUT2D eigenvalue weighted by Gasteiger charge is 2.25. The van der Waals surface area contributed by atoms with Gasteiger partial charge in [-0.25, -0.2) is 4.79 Å². The fraction of sp³-hybridized carbons (Fsp3) is 0.0909. The molecular formula is C22H16O4S. The molecule has 0 fully saturated rings. The summed E-state index contributed by atoms with van der Waals surface area (Å²) >= 11 is 1.45. The van der Waals surface area contributed by atoms with Crippen LogP contribution in [-0.4, -0.2) is 18.4 Å². The number of benzene rings is 2. The average Bonchev–Trinajstić information content (AvgIpc) is 3.28. The first kappa shape index (κ1) is 17.4. The van der Waals surface area contributed by atoms with Crippen LogP contribution in [0.1, 0.15) is 33.4 Å². The van der Waals surface area contributed by atoms with E-state index in [4.69, 9.17) is 9.15 Å². The van der Waals surface area contributed by atoms with Crippen molar-refractivity contribution in [1.29, 1.82) is 0 Å². The molecule has 1 aliphatic heterocycles. The van der Waals surface area contributed by atoms with Gasteiger partial charge in [0.15, 0.2) is 0 Å². The number of hydrogen-bond donors (Lipinski definition) is 0. The highest BCUT2D eigenvalue weighted by Crippen LogP contribution is 2.40. The number of allylic oxidation sites excluding steroid dienone is 1. The lowest BCUT2D eigenvalue weighted by Gasteiger charge is -2.02. The first-order valence-electron chi connectivity index (χ1n) is 8.56. The number of carbonyl (C=O) groups excluding carboxylic acids is 2. The molecule has 0 spiro atoms. The summed E-state index contributed by atoms with van der Waals surface area (Å²) in [5.74, 6) is 0.964. The fourth-order valence-electron chi connectivity index (χ4n) is 2.84. The van der Waals surface area contributed by atoms with E-state index in [0.717, 1.165) is 16.0 Å². The zero-order valence-electron chi connectivity index (χ0n) is 14.6.